The van der Waals surface area contributed by atoms with Crippen LogP contribution in [0, 0.1) is 11.7 Å². The van der Waals surface area contributed by atoms with Crippen LogP contribution in [-0.2, 0) is 22.6 Å². The highest BCUT2D eigenvalue weighted by atomic mass is 19.1. The van der Waals surface area contributed by atoms with Crippen LogP contribution in [0.25, 0.3) is 0 Å². The second-order valence-electron chi connectivity index (χ2n) is 9.35. The number of ether oxygens (including phenoxy) is 4. The molecule has 0 heterocycles. The molecule has 0 spiro atoms. The lowest BCUT2D eigenvalue weighted by Crippen LogP contribution is -2.24. The van der Waals surface area contributed by atoms with Crippen molar-refractivity contribution < 1.29 is 32.9 Å². The van der Waals surface area contributed by atoms with Gasteiger partial charge >= 0.3 is 0 Å². The molecule has 0 saturated heterocycles. The largest absolute Gasteiger partial charge is 0.494 e. The van der Waals surface area contributed by atoms with Gasteiger partial charge in [0.15, 0.2) is 29.0 Å². The maximum atomic E-state index is 12.9. The van der Waals surface area contributed by atoms with E-state index in [9.17, 15) is 14.0 Å². The Morgan fingerprint density at radius 2 is 1.63 bits per heavy atom. The summed E-state index contributed by atoms with van der Waals surface area (Å²) >= 11 is 0. The zero-order valence-corrected chi connectivity index (χ0v) is 24.8. The van der Waals surface area contributed by atoms with E-state index in [1.54, 1.807) is 24.3 Å². The summed E-state index contributed by atoms with van der Waals surface area (Å²) in [6.07, 6.45) is 9.91. The van der Waals surface area contributed by atoms with Gasteiger partial charge in [-0.25, -0.2) is 4.39 Å². The molecular weight excluding hydrogens is 531 g/mol. The fraction of sp³-hybridized carbons (Fsp3) is 0.500. The number of nitrogens with zero attached hydrogens (tertiary/aromatic N) is 1. The lowest BCUT2D eigenvalue weighted by molar-refractivity contribution is -0.117. The van der Waals surface area contributed by atoms with Gasteiger partial charge in [0.25, 0.3) is 5.91 Å². The fourth-order valence-corrected chi connectivity index (χ4v) is 4.45. The number of rotatable bonds is 11. The molecule has 5 N–H and O–H groups in total. The molecule has 0 radical (unpaired) electrons. The Hall–Kier alpha value is -3.86. The summed E-state index contributed by atoms with van der Waals surface area (Å²) in [7, 11) is 7.78. The van der Waals surface area contributed by atoms with E-state index in [2.05, 4.69) is 10.3 Å². The summed E-state index contributed by atoms with van der Waals surface area (Å²) in [4.78, 5) is 25.1. The maximum Gasteiger partial charge on any atom is 0.253 e. The molecule has 0 unspecified atom stereocenters. The standard InChI is InChI=1S/C12H17N3O4.C9H12FNO.C9H16O/c1-17-8-5-4-7(6-9(16)15-12(13)14)10(18-2)11(8)19-3;1-11-6-7-3-4-8(10)9(5-7)12-2;10-8-4-7-9-5-2-1-3-6-9/h4-5H,6H2,1-3H3,(H4,13,14,15,16);3-5,11H,6H2,1-2H3;8-9H,1-7H2. The Morgan fingerprint density at radius 1 is 0.976 bits per heavy atom. The molecular formula is C30H45FN4O6. The minimum Gasteiger partial charge on any atom is -0.494 e. The summed E-state index contributed by atoms with van der Waals surface area (Å²) in [6, 6.07) is 8.20. The Bertz CT molecular complexity index is 1100. The maximum absolute atomic E-state index is 12.9. The third-order valence-corrected chi connectivity index (χ3v) is 6.40. The molecule has 0 aromatic heterocycles. The highest BCUT2D eigenvalue weighted by Gasteiger charge is 2.17. The van der Waals surface area contributed by atoms with Gasteiger partial charge in [-0.2, -0.15) is 4.99 Å². The van der Waals surface area contributed by atoms with Crippen LogP contribution in [-0.4, -0.2) is 53.6 Å². The number of nitrogens with two attached hydrogens (primary N) is 2. The van der Waals surface area contributed by atoms with Crippen LogP contribution in [0.3, 0.4) is 0 Å². The number of carbonyl (C=O) groups is 2. The van der Waals surface area contributed by atoms with Crippen molar-refractivity contribution in [3.8, 4) is 23.0 Å². The van der Waals surface area contributed by atoms with Gasteiger partial charge < -0.3 is 40.5 Å². The first-order valence-corrected chi connectivity index (χ1v) is 13.5. The molecule has 0 bridgehead atoms. The number of guanidine groups is 1. The minimum absolute atomic E-state index is 0.00142. The quantitative estimate of drug-likeness (QED) is 0.204. The first-order chi connectivity index (χ1) is 19.7. The first kappa shape index (κ1) is 35.2. The van der Waals surface area contributed by atoms with Crippen LogP contribution in [0.15, 0.2) is 35.3 Å². The van der Waals surface area contributed by atoms with Crippen molar-refractivity contribution in [3.05, 3.63) is 47.3 Å². The number of nitrogens with one attached hydrogen (secondary N) is 1. The van der Waals surface area contributed by atoms with Crippen molar-refractivity contribution in [2.24, 2.45) is 22.4 Å². The lowest BCUT2D eigenvalue weighted by Gasteiger charge is -2.19. The van der Waals surface area contributed by atoms with Crippen molar-refractivity contribution >= 4 is 18.2 Å². The van der Waals surface area contributed by atoms with Gasteiger partial charge in [-0.05, 0) is 43.1 Å². The molecule has 2 aromatic rings. The van der Waals surface area contributed by atoms with Crippen molar-refractivity contribution in [1.82, 2.24) is 5.32 Å². The summed E-state index contributed by atoms with van der Waals surface area (Å²) in [5.41, 5.74) is 11.9. The first-order valence-electron chi connectivity index (χ1n) is 13.5. The van der Waals surface area contributed by atoms with Crippen LogP contribution in [0.2, 0.25) is 0 Å². The van der Waals surface area contributed by atoms with E-state index in [0.717, 1.165) is 37.2 Å². The highest BCUT2D eigenvalue weighted by Crippen LogP contribution is 2.40. The molecule has 3 rings (SSSR count). The molecule has 1 amide bonds. The van der Waals surface area contributed by atoms with E-state index in [4.69, 9.17) is 30.4 Å². The topological polar surface area (TPSA) is 147 Å². The van der Waals surface area contributed by atoms with Crippen molar-refractivity contribution in [3.63, 3.8) is 0 Å². The van der Waals surface area contributed by atoms with Crippen LogP contribution in [0.4, 0.5) is 4.39 Å². The molecule has 0 aliphatic heterocycles. The van der Waals surface area contributed by atoms with Gasteiger partial charge in [0.2, 0.25) is 5.75 Å². The van der Waals surface area contributed by atoms with E-state index in [0.29, 0.717) is 28.6 Å². The summed E-state index contributed by atoms with van der Waals surface area (Å²) < 4.78 is 33.3. The van der Waals surface area contributed by atoms with E-state index in [1.807, 2.05) is 7.05 Å². The van der Waals surface area contributed by atoms with Gasteiger partial charge in [-0.1, -0.05) is 44.2 Å². The van der Waals surface area contributed by atoms with E-state index >= 15 is 0 Å². The summed E-state index contributed by atoms with van der Waals surface area (Å²) in [5, 5.41) is 2.98. The Balaban J connectivity index is 0.000000328. The van der Waals surface area contributed by atoms with Gasteiger partial charge in [0.1, 0.15) is 6.29 Å². The second-order valence-corrected chi connectivity index (χ2v) is 9.35. The molecule has 2 aromatic carbocycles. The van der Waals surface area contributed by atoms with Gasteiger partial charge in [0.05, 0.1) is 34.9 Å². The van der Waals surface area contributed by atoms with Gasteiger partial charge in [0, 0.05) is 18.5 Å². The molecule has 1 fully saturated rings. The summed E-state index contributed by atoms with van der Waals surface area (Å²) in [5.74, 6) is 1.45. The third-order valence-electron chi connectivity index (χ3n) is 6.40. The summed E-state index contributed by atoms with van der Waals surface area (Å²) in [6.45, 7) is 0.719. The molecule has 1 aliphatic carbocycles. The highest BCUT2D eigenvalue weighted by molar-refractivity contribution is 5.92. The molecule has 1 saturated carbocycles. The molecule has 0 atom stereocenters. The Kier molecular flexibility index (Phi) is 17.2. The number of aliphatic imine (C=N–C) groups is 1. The van der Waals surface area contributed by atoms with Gasteiger partial charge in [-0.15, -0.1) is 0 Å². The zero-order valence-electron chi connectivity index (χ0n) is 24.8. The average Bonchev–Trinajstić information content (AvgIpc) is 2.97. The molecule has 41 heavy (non-hydrogen) atoms. The number of carbonyl (C=O) groups excluding carboxylic acids is 2. The van der Waals surface area contributed by atoms with Crippen molar-refractivity contribution in [2.75, 3.05) is 35.5 Å². The zero-order chi connectivity index (χ0) is 30.6. The number of methoxy groups -OCH3 is 4. The Labute approximate surface area is 242 Å². The lowest BCUT2D eigenvalue weighted by atomic mass is 9.86. The predicted molar refractivity (Wildman–Crippen MR) is 158 cm³/mol. The van der Waals surface area contributed by atoms with Crippen molar-refractivity contribution in [1.29, 1.82) is 0 Å². The molecule has 1 aliphatic rings. The van der Waals surface area contributed by atoms with Crippen LogP contribution in [0.5, 0.6) is 23.0 Å². The smallest absolute Gasteiger partial charge is 0.253 e. The molecule has 11 heteroatoms. The number of hydrogen-bond donors (Lipinski definition) is 3. The number of benzene rings is 2. The SMILES string of the molecule is CNCc1ccc(F)c(OC)c1.COc1ccc(CC(=O)N=C(N)N)c(OC)c1OC.O=CCCC1CCCCC1. The number of amides is 1. The third kappa shape index (κ3) is 12.9. The van der Waals surface area contributed by atoms with E-state index < -0.39 is 5.91 Å². The number of halogens is 1. The van der Waals surface area contributed by atoms with Gasteiger partial charge in [-0.3, -0.25) is 4.79 Å². The normalized spacial score (nSPS) is 12.4. The van der Waals surface area contributed by atoms with Crippen LogP contribution in [0.1, 0.15) is 56.1 Å². The number of hydrogen-bond acceptors (Lipinski definition) is 7. The van der Waals surface area contributed by atoms with Crippen molar-refractivity contribution in [2.45, 2.75) is 57.9 Å². The minimum atomic E-state index is -0.467. The monoisotopic (exact) mass is 576 g/mol. The molecule has 10 nitrogen and oxygen atoms in total. The van der Waals surface area contributed by atoms with Crippen LogP contribution < -0.4 is 35.7 Å². The average molecular weight is 577 g/mol. The number of aldehydes is 1. The second kappa shape index (κ2) is 20.1. The van der Waals surface area contributed by atoms with E-state index in [-0.39, 0.29) is 18.2 Å². The predicted octanol–water partition coefficient (Wildman–Crippen LogP) is 4.15. The van der Waals surface area contributed by atoms with Crippen LogP contribution >= 0.6 is 0 Å². The fourth-order valence-electron chi connectivity index (χ4n) is 4.45. The Morgan fingerprint density at radius 3 is 2.17 bits per heavy atom. The van der Waals surface area contributed by atoms with E-state index in [1.165, 1.54) is 66.6 Å². The molecule has 228 valence electrons.